The molecule has 0 bridgehead atoms. The fourth-order valence-corrected chi connectivity index (χ4v) is 1.94. The van der Waals surface area contributed by atoms with E-state index >= 15 is 0 Å². The van der Waals surface area contributed by atoms with Gasteiger partial charge in [-0.25, -0.2) is 0 Å². The molecule has 0 spiro atoms. The van der Waals surface area contributed by atoms with Crippen LogP contribution in [0.1, 0.15) is 17.2 Å². The third-order valence-corrected chi connectivity index (χ3v) is 3.01. The molecule has 1 heterocycles. The zero-order chi connectivity index (χ0) is 13.0. The third-order valence-electron chi connectivity index (χ3n) is 3.01. The summed E-state index contributed by atoms with van der Waals surface area (Å²) >= 11 is 0. The molecule has 0 aliphatic heterocycles. The normalized spacial score (nSPS) is 12.4. The molecule has 1 atom stereocenters. The van der Waals surface area contributed by atoms with Crippen molar-refractivity contribution >= 4 is 5.69 Å². The minimum absolute atomic E-state index is 0.0856. The number of rotatable bonds is 5. The second kappa shape index (κ2) is 5.71. The van der Waals surface area contributed by atoms with E-state index in [1.807, 2.05) is 26.2 Å². The maximum absolute atomic E-state index is 5.65. The quantitative estimate of drug-likeness (QED) is 0.625. The van der Waals surface area contributed by atoms with Crippen molar-refractivity contribution in [3.05, 3.63) is 54.0 Å². The van der Waals surface area contributed by atoms with Gasteiger partial charge in [-0.2, -0.15) is 0 Å². The van der Waals surface area contributed by atoms with E-state index in [0.29, 0.717) is 0 Å². The predicted octanol–water partition coefficient (Wildman–Crippen LogP) is 2.09. The number of nitrogens with zero attached hydrogens (tertiary/aromatic N) is 1. The van der Waals surface area contributed by atoms with Crippen molar-refractivity contribution in [2.75, 3.05) is 19.0 Å². The highest BCUT2D eigenvalue weighted by Gasteiger charge is 2.12. The molecular weight excluding hydrogens is 226 g/mol. The van der Waals surface area contributed by atoms with Crippen molar-refractivity contribution in [2.24, 2.45) is 5.84 Å². The van der Waals surface area contributed by atoms with E-state index in [4.69, 9.17) is 10.3 Å². The van der Waals surface area contributed by atoms with Gasteiger partial charge < -0.3 is 9.32 Å². The molecular formula is C14H19N3O. The van der Waals surface area contributed by atoms with Gasteiger partial charge in [-0.1, -0.05) is 12.1 Å². The Kier molecular flexibility index (Phi) is 4.02. The maximum Gasteiger partial charge on any atom is 0.0935 e. The number of hydrazine groups is 1. The van der Waals surface area contributed by atoms with Crippen LogP contribution in [0.4, 0.5) is 5.69 Å². The first-order valence-electron chi connectivity index (χ1n) is 5.95. The van der Waals surface area contributed by atoms with Crippen LogP contribution >= 0.6 is 0 Å². The number of hydrogen-bond donors (Lipinski definition) is 2. The molecule has 4 nitrogen and oxygen atoms in total. The summed E-state index contributed by atoms with van der Waals surface area (Å²) < 4.78 is 5.08. The highest BCUT2D eigenvalue weighted by atomic mass is 16.3. The maximum atomic E-state index is 5.65. The Labute approximate surface area is 107 Å². The van der Waals surface area contributed by atoms with Crippen LogP contribution in [0, 0.1) is 0 Å². The Morgan fingerprint density at radius 1 is 1.33 bits per heavy atom. The van der Waals surface area contributed by atoms with Gasteiger partial charge >= 0.3 is 0 Å². The summed E-state index contributed by atoms with van der Waals surface area (Å²) in [6, 6.07) is 10.4. The van der Waals surface area contributed by atoms with Gasteiger partial charge in [-0.05, 0) is 35.7 Å². The predicted molar refractivity (Wildman–Crippen MR) is 73.2 cm³/mol. The van der Waals surface area contributed by atoms with E-state index in [1.165, 1.54) is 11.3 Å². The van der Waals surface area contributed by atoms with Crippen LogP contribution in [-0.4, -0.2) is 14.1 Å². The number of furan rings is 1. The molecule has 96 valence electrons. The summed E-state index contributed by atoms with van der Waals surface area (Å²) in [5.41, 5.74) is 6.33. The standard InChI is InChI=1S/C14H19N3O/c1-17(2)13-5-3-4-12(9-13)14(16-15)8-11-6-7-18-10-11/h3-7,9-10,14,16H,8,15H2,1-2H3. The van der Waals surface area contributed by atoms with Gasteiger partial charge in [0.15, 0.2) is 0 Å². The number of benzene rings is 1. The largest absolute Gasteiger partial charge is 0.472 e. The van der Waals surface area contributed by atoms with E-state index in [2.05, 4.69) is 28.5 Å². The third kappa shape index (κ3) is 2.91. The fourth-order valence-electron chi connectivity index (χ4n) is 1.94. The zero-order valence-corrected chi connectivity index (χ0v) is 10.8. The summed E-state index contributed by atoms with van der Waals surface area (Å²) in [5.74, 6) is 5.65. The van der Waals surface area contributed by atoms with Gasteiger partial charge in [-0.15, -0.1) is 0 Å². The molecule has 0 aliphatic carbocycles. The lowest BCUT2D eigenvalue weighted by molar-refractivity contribution is 0.536. The van der Waals surface area contributed by atoms with Crippen molar-refractivity contribution in [1.29, 1.82) is 0 Å². The average molecular weight is 245 g/mol. The van der Waals surface area contributed by atoms with Crippen LogP contribution in [0.3, 0.4) is 0 Å². The average Bonchev–Trinajstić information content (AvgIpc) is 2.89. The minimum Gasteiger partial charge on any atom is -0.472 e. The van der Waals surface area contributed by atoms with Crippen LogP contribution in [0.15, 0.2) is 47.3 Å². The first kappa shape index (κ1) is 12.7. The monoisotopic (exact) mass is 245 g/mol. The molecule has 1 aromatic heterocycles. The molecule has 4 heteroatoms. The molecule has 0 amide bonds. The smallest absolute Gasteiger partial charge is 0.0935 e. The first-order chi connectivity index (χ1) is 8.70. The molecule has 2 aromatic rings. The lowest BCUT2D eigenvalue weighted by Gasteiger charge is -2.19. The lowest BCUT2D eigenvalue weighted by Crippen LogP contribution is -2.29. The second-order valence-electron chi connectivity index (χ2n) is 4.54. The minimum atomic E-state index is 0.0856. The Morgan fingerprint density at radius 3 is 2.78 bits per heavy atom. The van der Waals surface area contributed by atoms with Crippen molar-refractivity contribution in [2.45, 2.75) is 12.5 Å². The van der Waals surface area contributed by atoms with Crippen molar-refractivity contribution in [3.63, 3.8) is 0 Å². The lowest BCUT2D eigenvalue weighted by atomic mass is 10.0. The fraction of sp³-hybridized carbons (Fsp3) is 0.286. The molecule has 0 radical (unpaired) electrons. The van der Waals surface area contributed by atoms with E-state index in [-0.39, 0.29) is 6.04 Å². The molecule has 0 saturated carbocycles. The Morgan fingerprint density at radius 2 is 2.17 bits per heavy atom. The molecule has 3 N–H and O–H groups in total. The van der Waals surface area contributed by atoms with Gasteiger partial charge in [0.25, 0.3) is 0 Å². The Balaban J connectivity index is 2.19. The second-order valence-corrected chi connectivity index (χ2v) is 4.54. The molecule has 1 aromatic carbocycles. The molecule has 0 saturated heterocycles. The van der Waals surface area contributed by atoms with E-state index in [1.54, 1.807) is 12.5 Å². The number of anilines is 1. The number of hydrogen-bond acceptors (Lipinski definition) is 4. The van der Waals surface area contributed by atoms with Crippen LogP contribution < -0.4 is 16.2 Å². The highest BCUT2D eigenvalue weighted by Crippen LogP contribution is 2.22. The van der Waals surface area contributed by atoms with Gasteiger partial charge in [-0.3, -0.25) is 11.3 Å². The van der Waals surface area contributed by atoms with Crippen molar-refractivity contribution in [1.82, 2.24) is 5.43 Å². The topological polar surface area (TPSA) is 54.4 Å². The zero-order valence-electron chi connectivity index (χ0n) is 10.8. The van der Waals surface area contributed by atoms with E-state index in [9.17, 15) is 0 Å². The summed E-state index contributed by atoms with van der Waals surface area (Å²) in [5, 5.41) is 0. The summed E-state index contributed by atoms with van der Waals surface area (Å²) in [7, 11) is 4.06. The summed E-state index contributed by atoms with van der Waals surface area (Å²) in [4.78, 5) is 2.08. The highest BCUT2D eigenvalue weighted by molar-refractivity contribution is 5.48. The Hall–Kier alpha value is -1.78. The van der Waals surface area contributed by atoms with Gasteiger partial charge in [0.2, 0.25) is 0 Å². The van der Waals surface area contributed by atoms with Crippen LogP contribution in [0.25, 0.3) is 0 Å². The Bertz CT molecular complexity index is 480. The number of nitrogens with two attached hydrogens (primary N) is 1. The van der Waals surface area contributed by atoms with Gasteiger partial charge in [0, 0.05) is 19.8 Å². The molecule has 2 rings (SSSR count). The molecule has 18 heavy (non-hydrogen) atoms. The SMILES string of the molecule is CN(C)c1cccc(C(Cc2ccoc2)NN)c1. The van der Waals surface area contributed by atoms with Gasteiger partial charge in [0.05, 0.1) is 18.6 Å². The molecule has 0 fully saturated rings. The van der Waals surface area contributed by atoms with Crippen LogP contribution in [0.5, 0.6) is 0 Å². The van der Waals surface area contributed by atoms with E-state index in [0.717, 1.165) is 12.0 Å². The van der Waals surface area contributed by atoms with Gasteiger partial charge in [0.1, 0.15) is 0 Å². The van der Waals surface area contributed by atoms with E-state index < -0.39 is 0 Å². The molecule has 0 aliphatic rings. The number of nitrogens with one attached hydrogen (secondary N) is 1. The summed E-state index contributed by atoms with van der Waals surface area (Å²) in [6.45, 7) is 0. The first-order valence-corrected chi connectivity index (χ1v) is 5.95. The summed E-state index contributed by atoms with van der Waals surface area (Å²) in [6.07, 6.45) is 4.24. The van der Waals surface area contributed by atoms with Crippen molar-refractivity contribution in [3.8, 4) is 0 Å². The van der Waals surface area contributed by atoms with Crippen LogP contribution in [0.2, 0.25) is 0 Å². The van der Waals surface area contributed by atoms with Crippen LogP contribution in [-0.2, 0) is 6.42 Å². The van der Waals surface area contributed by atoms with Crippen molar-refractivity contribution < 1.29 is 4.42 Å². The molecule has 1 unspecified atom stereocenters.